The zero-order chi connectivity index (χ0) is 32.6. The van der Waals surface area contributed by atoms with Crippen LogP contribution < -0.4 is 0 Å². The molecule has 2 N–H and O–H groups in total. The predicted molar refractivity (Wildman–Crippen MR) is 185 cm³/mol. The van der Waals surface area contributed by atoms with Gasteiger partial charge in [0.25, 0.3) is 0 Å². The highest BCUT2D eigenvalue weighted by Crippen LogP contribution is 2.22. The number of nitrogens with zero attached hydrogens (tertiary/aromatic N) is 6. The number of benzene rings is 3. The van der Waals surface area contributed by atoms with Gasteiger partial charge in [0.15, 0.2) is 0 Å². The summed E-state index contributed by atoms with van der Waals surface area (Å²) in [4.78, 5) is 26.1. The molecule has 3 aromatic carbocycles. The van der Waals surface area contributed by atoms with Crippen LogP contribution in [-0.2, 0) is 10.4 Å². The van der Waals surface area contributed by atoms with Crippen molar-refractivity contribution in [2.24, 2.45) is 0 Å². The van der Waals surface area contributed by atoms with E-state index >= 15 is 0 Å². The molecular formula is C36H26N6O4S. The van der Waals surface area contributed by atoms with Gasteiger partial charge in [-0.25, -0.2) is 0 Å². The van der Waals surface area contributed by atoms with Crippen molar-refractivity contribution in [3.63, 3.8) is 0 Å². The Bertz CT molecular complexity index is 2160. The van der Waals surface area contributed by atoms with E-state index in [1.54, 1.807) is 37.2 Å². The zero-order valence-electron chi connectivity index (χ0n) is 24.7. The number of fused-ring (bicyclic) bond motifs is 9. The van der Waals surface area contributed by atoms with Gasteiger partial charge in [0, 0.05) is 69.5 Å². The molecule has 0 unspecified atom stereocenters. The molecule has 6 heterocycles. The molecule has 0 saturated heterocycles. The Labute approximate surface area is 269 Å². The van der Waals surface area contributed by atoms with Crippen LogP contribution in [0.15, 0.2) is 146 Å². The Hall–Kier alpha value is -6.01. The van der Waals surface area contributed by atoms with E-state index in [1.807, 2.05) is 36.4 Å². The van der Waals surface area contributed by atoms with Crippen molar-refractivity contribution in [3.05, 3.63) is 146 Å². The minimum atomic E-state index is -4.67. The monoisotopic (exact) mass is 638 g/mol. The first-order chi connectivity index (χ1) is 22.8. The number of aromatic nitrogens is 6. The third kappa shape index (κ3) is 7.63. The first kappa shape index (κ1) is 31.0. The lowest BCUT2D eigenvalue weighted by molar-refractivity contribution is 0.381. The van der Waals surface area contributed by atoms with Gasteiger partial charge in [-0.1, -0.05) is 72.8 Å². The maximum Gasteiger partial charge on any atom is 0.394 e. The Morgan fingerprint density at radius 2 is 0.468 bits per heavy atom. The third-order valence-corrected chi connectivity index (χ3v) is 7.03. The molecule has 0 spiro atoms. The van der Waals surface area contributed by atoms with Gasteiger partial charge in [-0.15, -0.1) is 0 Å². The molecule has 9 aromatic rings. The molecule has 0 fully saturated rings. The lowest BCUT2D eigenvalue weighted by Gasteiger charge is -2.00. The number of hydrogen-bond donors (Lipinski definition) is 2. The van der Waals surface area contributed by atoms with Crippen molar-refractivity contribution in [3.8, 4) is 0 Å². The number of rotatable bonds is 0. The summed E-state index contributed by atoms with van der Waals surface area (Å²) >= 11 is 0. The fraction of sp³-hybridized carbons (Fsp3) is 0. The van der Waals surface area contributed by atoms with Crippen LogP contribution in [0.3, 0.4) is 0 Å². The smallest absolute Gasteiger partial charge is 0.264 e. The van der Waals surface area contributed by atoms with Crippen LogP contribution in [0.1, 0.15) is 0 Å². The van der Waals surface area contributed by atoms with Gasteiger partial charge in [-0.3, -0.25) is 39.0 Å². The summed E-state index contributed by atoms with van der Waals surface area (Å²) in [6.07, 6.45) is 10.8. The topological polar surface area (TPSA) is 152 Å². The van der Waals surface area contributed by atoms with E-state index in [-0.39, 0.29) is 0 Å². The second-order valence-electron chi connectivity index (χ2n) is 10.1. The quantitative estimate of drug-likeness (QED) is 0.125. The lowest BCUT2D eigenvalue weighted by atomic mass is 10.1. The molecule has 6 aromatic heterocycles. The van der Waals surface area contributed by atoms with E-state index in [0.29, 0.717) is 0 Å². The average molecular weight is 639 g/mol. The molecule has 47 heavy (non-hydrogen) atoms. The van der Waals surface area contributed by atoms with Gasteiger partial charge in [0.1, 0.15) is 0 Å². The number of pyridine rings is 6. The van der Waals surface area contributed by atoms with Crippen LogP contribution in [0.4, 0.5) is 0 Å². The minimum Gasteiger partial charge on any atom is -0.264 e. The van der Waals surface area contributed by atoms with E-state index in [9.17, 15) is 0 Å². The zero-order valence-corrected chi connectivity index (χ0v) is 25.5. The van der Waals surface area contributed by atoms with Crippen LogP contribution >= 0.6 is 0 Å². The number of hydrogen-bond acceptors (Lipinski definition) is 8. The fourth-order valence-electron chi connectivity index (χ4n) is 5.04. The van der Waals surface area contributed by atoms with E-state index in [0.717, 1.165) is 65.4 Å². The normalized spacial score (nSPS) is 10.9. The van der Waals surface area contributed by atoms with Crippen molar-refractivity contribution in [1.82, 2.24) is 29.9 Å². The van der Waals surface area contributed by atoms with Gasteiger partial charge in [0.2, 0.25) is 0 Å². The van der Waals surface area contributed by atoms with Crippen molar-refractivity contribution in [2.75, 3.05) is 0 Å². The summed E-state index contributed by atoms with van der Waals surface area (Å²) in [5, 5.41) is 6.83. The second-order valence-corrected chi connectivity index (χ2v) is 11.0. The average Bonchev–Trinajstić information content (AvgIpc) is 3.11. The summed E-state index contributed by atoms with van der Waals surface area (Å²) in [6, 6.07) is 36.4. The van der Waals surface area contributed by atoms with Crippen LogP contribution in [-0.4, -0.2) is 47.4 Å². The Morgan fingerprint density at radius 3 is 0.617 bits per heavy atom. The molecule has 0 aliphatic carbocycles. The maximum absolute atomic E-state index is 8.74. The first-order valence-electron chi connectivity index (χ1n) is 14.3. The molecule has 0 amide bonds. The summed E-state index contributed by atoms with van der Waals surface area (Å²) in [7, 11) is -4.67. The van der Waals surface area contributed by atoms with E-state index in [4.69, 9.17) is 17.5 Å². The van der Waals surface area contributed by atoms with Gasteiger partial charge in [-0.2, -0.15) is 8.42 Å². The Morgan fingerprint density at radius 1 is 0.319 bits per heavy atom. The summed E-state index contributed by atoms with van der Waals surface area (Å²) in [5.74, 6) is 0. The molecule has 0 saturated carbocycles. The Balaban J connectivity index is 0.000000115. The molecule has 0 radical (unpaired) electrons. The second kappa shape index (κ2) is 14.0. The highest BCUT2D eigenvalue weighted by atomic mass is 32.3. The largest absolute Gasteiger partial charge is 0.394 e. The van der Waals surface area contributed by atoms with Crippen molar-refractivity contribution >= 4 is 75.8 Å². The van der Waals surface area contributed by atoms with Crippen LogP contribution in [0.5, 0.6) is 0 Å². The summed E-state index contributed by atoms with van der Waals surface area (Å²) in [5.41, 5.74) is 5.86. The summed E-state index contributed by atoms with van der Waals surface area (Å²) < 4.78 is 31.6. The van der Waals surface area contributed by atoms with E-state index in [2.05, 4.69) is 103 Å². The lowest BCUT2D eigenvalue weighted by Crippen LogP contribution is -1.89. The standard InChI is InChI=1S/3C12H8N2.H2O4S/c3*1-3-9-5-6-10-4-2-8-14-12(10)11(9)13-7-1;1-5(2,3)4/h3*1-8H;(H2,1,2,3,4). The van der Waals surface area contributed by atoms with E-state index in [1.165, 1.54) is 0 Å². The molecular weight excluding hydrogens is 613 g/mol. The molecule has 11 heteroatoms. The third-order valence-electron chi connectivity index (χ3n) is 7.03. The molecule has 0 aliphatic rings. The van der Waals surface area contributed by atoms with Crippen molar-refractivity contribution in [1.29, 1.82) is 0 Å². The highest BCUT2D eigenvalue weighted by Gasteiger charge is 2.02. The first-order valence-corrected chi connectivity index (χ1v) is 15.7. The van der Waals surface area contributed by atoms with Gasteiger partial charge < -0.3 is 0 Å². The van der Waals surface area contributed by atoms with Crippen LogP contribution in [0.25, 0.3) is 65.4 Å². The molecule has 10 nitrogen and oxygen atoms in total. The summed E-state index contributed by atoms with van der Waals surface area (Å²) in [6.45, 7) is 0. The van der Waals surface area contributed by atoms with Gasteiger partial charge >= 0.3 is 10.4 Å². The highest BCUT2D eigenvalue weighted by molar-refractivity contribution is 7.79. The molecule has 0 atom stereocenters. The van der Waals surface area contributed by atoms with Crippen molar-refractivity contribution < 1.29 is 17.5 Å². The molecule has 230 valence electrons. The van der Waals surface area contributed by atoms with Gasteiger partial charge in [0.05, 0.1) is 33.1 Å². The van der Waals surface area contributed by atoms with Gasteiger partial charge in [-0.05, 0) is 36.4 Å². The Kier molecular flexibility index (Phi) is 9.21. The SMILES string of the molecule is O=S(=O)(O)O.c1cnc2c(c1)ccc1cccnc12.c1cnc2c(c1)ccc1cccnc12.c1cnc2c(c1)ccc1cccnc12. The fourth-order valence-corrected chi connectivity index (χ4v) is 5.04. The molecule has 9 rings (SSSR count). The predicted octanol–water partition coefficient (Wildman–Crippen LogP) is 7.70. The molecule has 0 bridgehead atoms. The van der Waals surface area contributed by atoms with Crippen LogP contribution in [0.2, 0.25) is 0 Å². The molecule has 0 aliphatic heterocycles. The van der Waals surface area contributed by atoms with E-state index < -0.39 is 10.4 Å². The minimum absolute atomic E-state index is 0.977. The van der Waals surface area contributed by atoms with Crippen molar-refractivity contribution in [2.45, 2.75) is 0 Å². The maximum atomic E-state index is 8.74. The van der Waals surface area contributed by atoms with Crippen LogP contribution in [0, 0.1) is 0 Å².